The van der Waals surface area contributed by atoms with Crippen molar-refractivity contribution in [2.75, 3.05) is 18.6 Å². The van der Waals surface area contributed by atoms with Gasteiger partial charge in [0.05, 0.1) is 7.11 Å². The molecule has 2 rings (SSSR count). The molecule has 110 valence electrons. The Labute approximate surface area is 111 Å². The predicted octanol–water partition coefficient (Wildman–Crippen LogP) is 0.930. The molecule has 1 aromatic heterocycles. The fourth-order valence-corrected chi connectivity index (χ4v) is 2.13. The second-order valence-corrected chi connectivity index (χ2v) is 4.33. The lowest BCUT2D eigenvalue weighted by Crippen LogP contribution is -2.39. The molecule has 0 radical (unpaired) electrons. The van der Waals surface area contributed by atoms with Crippen LogP contribution in [0.4, 0.5) is 19.1 Å². The van der Waals surface area contributed by atoms with Crippen LogP contribution in [-0.2, 0) is 15.7 Å². The van der Waals surface area contributed by atoms with Gasteiger partial charge in [-0.05, 0) is 12.8 Å². The summed E-state index contributed by atoms with van der Waals surface area (Å²) in [7, 11) is 1.20. The molecule has 2 heterocycles. The van der Waals surface area contributed by atoms with Crippen molar-refractivity contribution in [3.63, 3.8) is 0 Å². The van der Waals surface area contributed by atoms with Crippen molar-refractivity contribution in [1.29, 1.82) is 0 Å². The summed E-state index contributed by atoms with van der Waals surface area (Å²) < 4.78 is 42.5. The van der Waals surface area contributed by atoms with Crippen LogP contribution in [0.3, 0.4) is 0 Å². The van der Waals surface area contributed by atoms with Crippen LogP contribution in [0.25, 0.3) is 0 Å². The fraction of sp³-hybridized carbons (Fsp3) is 0.545. The first kappa shape index (κ1) is 14.4. The number of hydrogen-bond donors (Lipinski definition) is 1. The van der Waals surface area contributed by atoms with Crippen molar-refractivity contribution in [3.05, 3.63) is 22.1 Å². The Balaban J connectivity index is 2.40. The molecule has 1 aliphatic heterocycles. The van der Waals surface area contributed by atoms with E-state index >= 15 is 0 Å². The summed E-state index contributed by atoms with van der Waals surface area (Å²) in [4.78, 5) is 29.8. The van der Waals surface area contributed by atoms with Crippen molar-refractivity contribution in [3.8, 4) is 0 Å². The van der Waals surface area contributed by atoms with Crippen LogP contribution in [0.15, 0.2) is 10.9 Å². The van der Waals surface area contributed by atoms with Crippen LogP contribution >= 0.6 is 0 Å². The van der Waals surface area contributed by atoms with Crippen LogP contribution < -0.4 is 10.5 Å². The molecule has 0 spiro atoms. The van der Waals surface area contributed by atoms with E-state index in [1.807, 2.05) is 0 Å². The lowest BCUT2D eigenvalue weighted by molar-refractivity contribution is -0.142. The highest BCUT2D eigenvalue weighted by molar-refractivity contribution is 5.79. The lowest BCUT2D eigenvalue weighted by atomic mass is 10.2. The van der Waals surface area contributed by atoms with E-state index in [1.165, 1.54) is 12.0 Å². The van der Waals surface area contributed by atoms with Gasteiger partial charge in [-0.3, -0.25) is 9.78 Å². The van der Waals surface area contributed by atoms with Crippen molar-refractivity contribution in [2.45, 2.75) is 25.1 Å². The molecule has 1 fully saturated rings. The molecule has 0 bridgehead atoms. The van der Waals surface area contributed by atoms with Gasteiger partial charge in [-0.2, -0.15) is 13.2 Å². The quantitative estimate of drug-likeness (QED) is 0.820. The molecular formula is C11H12F3N3O3. The van der Waals surface area contributed by atoms with Crippen molar-refractivity contribution < 1.29 is 22.7 Å². The predicted molar refractivity (Wildman–Crippen MR) is 62.2 cm³/mol. The van der Waals surface area contributed by atoms with E-state index in [0.29, 0.717) is 25.5 Å². The SMILES string of the molecule is COC(=O)C1CCCN1c1nc(C(F)(F)F)cc(=O)[nH]1. The number of ether oxygens (including phenoxy) is 1. The number of H-pyrrole nitrogens is 1. The highest BCUT2D eigenvalue weighted by Gasteiger charge is 2.37. The molecule has 1 atom stereocenters. The normalized spacial score (nSPS) is 19.2. The number of carbonyl (C=O) groups excluding carboxylic acids is 1. The Morgan fingerprint density at radius 2 is 2.25 bits per heavy atom. The largest absolute Gasteiger partial charge is 0.467 e. The van der Waals surface area contributed by atoms with E-state index in [4.69, 9.17) is 0 Å². The van der Waals surface area contributed by atoms with Crippen LogP contribution in [0.1, 0.15) is 18.5 Å². The van der Waals surface area contributed by atoms with Gasteiger partial charge in [0.2, 0.25) is 5.95 Å². The van der Waals surface area contributed by atoms with Crippen LogP contribution in [-0.4, -0.2) is 35.6 Å². The Kier molecular flexibility index (Phi) is 3.69. The number of halogens is 3. The number of methoxy groups -OCH3 is 1. The van der Waals surface area contributed by atoms with Gasteiger partial charge in [0.25, 0.3) is 5.56 Å². The van der Waals surface area contributed by atoms with E-state index in [0.717, 1.165) is 0 Å². The summed E-state index contributed by atoms with van der Waals surface area (Å²) in [5.41, 5.74) is -2.20. The fourth-order valence-electron chi connectivity index (χ4n) is 2.13. The number of nitrogens with zero attached hydrogens (tertiary/aromatic N) is 2. The Hall–Kier alpha value is -2.06. The first-order chi connectivity index (χ1) is 9.32. The standard InChI is InChI=1S/C11H12F3N3O3/c1-20-9(19)6-3-2-4-17(6)10-15-7(11(12,13)14)5-8(18)16-10/h5-6H,2-4H2,1H3,(H,15,16,18). The van der Waals surface area contributed by atoms with E-state index in [-0.39, 0.29) is 5.95 Å². The summed E-state index contributed by atoms with van der Waals surface area (Å²) >= 11 is 0. The monoisotopic (exact) mass is 291 g/mol. The second kappa shape index (κ2) is 5.14. The van der Waals surface area contributed by atoms with Gasteiger partial charge in [0.15, 0.2) is 5.69 Å². The number of hydrogen-bond acceptors (Lipinski definition) is 5. The first-order valence-corrected chi connectivity index (χ1v) is 5.86. The molecule has 1 N–H and O–H groups in total. The minimum absolute atomic E-state index is 0.266. The third-order valence-electron chi connectivity index (χ3n) is 3.02. The average molecular weight is 291 g/mol. The number of carbonyl (C=O) groups is 1. The van der Waals surface area contributed by atoms with Crippen molar-refractivity contribution in [2.24, 2.45) is 0 Å². The molecule has 0 aliphatic carbocycles. The summed E-state index contributed by atoms with van der Waals surface area (Å²) in [5, 5.41) is 0. The molecular weight excluding hydrogens is 279 g/mol. The molecule has 0 amide bonds. The molecule has 1 aliphatic rings. The summed E-state index contributed by atoms with van der Waals surface area (Å²) in [5.74, 6) is -0.833. The topological polar surface area (TPSA) is 75.3 Å². The first-order valence-electron chi connectivity index (χ1n) is 5.86. The minimum Gasteiger partial charge on any atom is -0.467 e. The van der Waals surface area contributed by atoms with Crippen LogP contribution in [0, 0.1) is 0 Å². The Morgan fingerprint density at radius 1 is 1.55 bits per heavy atom. The minimum atomic E-state index is -4.72. The molecule has 6 nitrogen and oxygen atoms in total. The third-order valence-corrected chi connectivity index (χ3v) is 3.02. The zero-order valence-electron chi connectivity index (χ0n) is 10.5. The van der Waals surface area contributed by atoms with Gasteiger partial charge in [-0.25, -0.2) is 9.78 Å². The van der Waals surface area contributed by atoms with Crippen LogP contribution in [0.5, 0.6) is 0 Å². The second-order valence-electron chi connectivity index (χ2n) is 4.33. The molecule has 20 heavy (non-hydrogen) atoms. The molecule has 1 aromatic rings. The number of aromatic nitrogens is 2. The van der Waals surface area contributed by atoms with Gasteiger partial charge in [-0.1, -0.05) is 0 Å². The maximum atomic E-state index is 12.6. The smallest absolute Gasteiger partial charge is 0.433 e. The Bertz CT molecular complexity index is 570. The molecule has 1 saturated heterocycles. The zero-order valence-corrected chi connectivity index (χ0v) is 10.5. The van der Waals surface area contributed by atoms with E-state index < -0.39 is 29.4 Å². The molecule has 9 heteroatoms. The van der Waals surface area contributed by atoms with Crippen LogP contribution in [0.2, 0.25) is 0 Å². The highest BCUT2D eigenvalue weighted by Crippen LogP contribution is 2.29. The summed E-state index contributed by atoms with van der Waals surface area (Å²) in [6.07, 6.45) is -3.68. The van der Waals surface area contributed by atoms with E-state index in [9.17, 15) is 22.8 Å². The number of rotatable bonds is 2. The van der Waals surface area contributed by atoms with Gasteiger partial charge in [-0.15, -0.1) is 0 Å². The number of anilines is 1. The summed E-state index contributed by atoms with van der Waals surface area (Å²) in [6.45, 7) is 0.323. The highest BCUT2D eigenvalue weighted by atomic mass is 19.4. The van der Waals surface area contributed by atoms with E-state index in [1.54, 1.807) is 0 Å². The van der Waals surface area contributed by atoms with Gasteiger partial charge in [0.1, 0.15) is 6.04 Å². The van der Waals surface area contributed by atoms with Gasteiger partial charge in [0, 0.05) is 12.6 Å². The van der Waals surface area contributed by atoms with Gasteiger partial charge < -0.3 is 9.64 Å². The number of nitrogens with one attached hydrogen (secondary N) is 1. The van der Waals surface area contributed by atoms with Gasteiger partial charge >= 0.3 is 12.1 Å². The average Bonchev–Trinajstić information content (AvgIpc) is 2.85. The number of aromatic amines is 1. The van der Waals surface area contributed by atoms with Crippen molar-refractivity contribution in [1.82, 2.24) is 9.97 Å². The molecule has 0 aromatic carbocycles. The van der Waals surface area contributed by atoms with E-state index in [2.05, 4.69) is 14.7 Å². The lowest BCUT2D eigenvalue weighted by Gasteiger charge is -2.23. The molecule has 0 saturated carbocycles. The number of alkyl halides is 3. The molecule has 1 unspecified atom stereocenters. The number of esters is 1. The Morgan fingerprint density at radius 3 is 2.85 bits per heavy atom. The summed E-state index contributed by atoms with van der Waals surface area (Å²) in [6, 6.07) is -0.348. The maximum absolute atomic E-state index is 12.6. The van der Waals surface area contributed by atoms with Crippen molar-refractivity contribution >= 4 is 11.9 Å². The maximum Gasteiger partial charge on any atom is 0.433 e. The third kappa shape index (κ3) is 2.75. The zero-order chi connectivity index (χ0) is 14.9.